The van der Waals surface area contributed by atoms with Gasteiger partial charge in [-0.05, 0) is 59.7 Å². The predicted octanol–water partition coefficient (Wildman–Crippen LogP) is 17.8. The van der Waals surface area contributed by atoms with E-state index in [2.05, 4.69) is 94.2 Å². The van der Waals surface area contributed by atoms with Crippen molar-refractivity contribution >= 4 is 96.2 Å². The van der Waals surface area contributed by atoms with Gasteiger partial charge < -0.3 is 0 Å². The molecule has 0 aliphatic carbocycles. The van der Waals surface area contributed by atoms with Crippen LogP contribution in [-0.2, 0) is 12.8 Å². The van der Waals surface area contributed by atoms with Gasteiger partial charge in [-0.15, -0.1) is 68.0 Å². The Hall–Kier alpha value is -1.02. The summed E-state index contributed by atoms with van der Waals surface area (Å²) in [6.45, 7) is 4.62. The molecule has 0 N–H and O–H groups in total. The molecule has 6 aromatic rings. The molecule has 6 heteroatoms. The molecular formula is C42H56S6. The van der Waals surface area contributed by atoms with Crippen molar-refractivity contribution in [2.24, 2.45) is 0 Å². The van der Waals surface area contributed by atoms with E-state index < -0.39 is 0 Å². The molecule has 0 saturated heterocycles. The number of thiophene rings is 6. The van der Waals surface area contributed by atoms with Gasteiger partial charge in [-0.2, -0.15) is 0 Å². The number of rotatable bonds is 24. The molecule has 6 heterocycles. The third kappa shape index (κ3) is 9.25. The van der Waals surface area contributed by atoms with Gasteiger partial charge in [0.2, 0.25) is 0 Å². The molecule has 260 valence electrons. The molecule has 0 atom stereocenters. The van der Waals surface area contributed by atoms with Crippen LogP contribution in [0.1, 0.15) is 153 Å². The Kier molecular flexibility index (Phi) is 15.0. The van der Waals surface area contributed by atoms with E-state index in [4.69, 9.17) is 0 Å². The van der Waals surface area contributed by atoms with Crippen LogP contribution < -0.4 is 0 Å². The normalized spacial score (nSPS) is 12.1. The minimum atomic E-state index is 1.23. The zero-order valence-electron chi connectivity index (χ0n) is 29.5. The van der Waals surface area contributed by atoms with E-state index in [1.54, 1.807) is 49.1 Å². The SMILES string of the molecule is CCCCCCCCCCCCc1c(-c2cccs2)sc2c1sc1c3sc(-c4cccs4)c(CCCCCCCCCCCC)c3sc21. The largest absolute Gasteiger partial charge is 0.143 e. The average molecular weight is 753 g/mol. The molecule has 0 bridgehead atoms. The summed E-state index contributed by atoms with van der Waals surface area (Å²) in [5.41, 5.74) is 3.30. The van der Waals surface area contributed by atoms with Gasteiger partial charge in [0.15, 0.2) is 0 Å². The standard InChI is InChI=1S/C42H56S6/c1-3-5-7-9-11-13-15-17-19-21-25-31-35(33-27-23-29-43-33)45-39-37(31)47-42-40-38(48-41(39)42)32(36(46-40)34-28-24-30-44-34)26-22-20-18-16-14-12-10-8-6-4-2/h23-24,27-30H,3-22,25-26H2,1-2H3. The number of unbranched alkanes of at least 4 members (excludes halogenated alkanes) is 18. The second-order valence-corrected chi connectivity index (χ2v) is 19.8. The first-order valence-corrected chi connectivity index (χ1v) is 24.3. The van der Waals surface area contributed by atoms with Crippen LogP contribution in [0.15, 0.2) is 35.0 Å². The highest BCUT2D eigenvalue weighted by Crippen LogP contribution is 2.56. The Morgan fingerprint density at radius 2 is 0.708 bits per heavy atom. The summed E-state index contributed by atoms with van der Waals surface area (Å²) in [6, 6.07) is 9.18. The van der Waals surface area contributed by atoms with E-state index in [1.165, 1.54) is 151 Å². The third-order valence-electron chi connectivity index (χ3n) is 9.99. The predicted molar refractivity (Wildman–Crippen MR) is 228 cm³/mol. The van der Waals surface area contributed by atoms with E-state index in [1.807, 2.05) is 22.7 Å². The van der Waals surface area contributed by atoms with Gasteiger partial charge in [-0.25, -0.2) is 0 Å². The van der Waals surface area contributed by atoms with Crippen molar-refractivity contribution in [1.82, 2.24) is 0 Å². The Morgan fingerprint density at radius 3 is 1.04 bits per heavy atom. The molecule has 0 amide bonds. The fraction of sp³-hybridized carbons (Fsp3) is 0.571. The minimum absolute atomic E-state index is 1.23. The lowest BCUT2D eigenvalue weighted by atomic mass is 10.0. The average Bonchev–Trinajstić information content (AvgIpc) is 3.94. The topological polar surface area (TPSA) is 0 Å². The number of hydrogen-bond donors (Lipinski definition) is 0. The number of fused-ring (bicyclic) bond motifs is 5. The summed E-state index contributed by atoms with van der Waals surface area (Å²) < 4.78 is 9.52. The van der Waals surface area contributed by atoms with E-state index in [0.717, 1.165) is 0 Å². The summed E-state index contributed by atoms with van der Waals surface area (Å²) in [4.78, 5) is 6.06. The number of aryl methyl sites for hydroxylation is 2. The van der Waals surface area contributed by atoms with Crippen molar-refractivity contribution in [3.05, 3.63) is 46.2 Å². The summed E-state index contributed by atoms with van der Waals surface area (Å²) >= 11 is 12.3. The van der Waals surface area contributed by atoms with Gasteiger partial charge >= 0.3 is 0 Å². The molecular weight excluding hydrogens is 697 g/mol. The van der Waals surface area contributed by atoms with E-state index in [9.17, 15) is 0 Å². The van der Waals surface area contributed by atoms with Crippen LogP contribution in [0, 0.1) is 0 Å². The van der Waals surface area contributed by atoms with Crippen molar-refractivity contribution in [3.63, 3.8) is 0 Å². The first-order chi connectivity index (χ1) is 23.8. The first-order valence-electron chi connectivity index (χ1n) is 19.3. The first kappa shape index (κ1) is 36.8. The molecule has 0 radical (unpaired) electrons. The minimum Gasteiger partial charge on any atom is -0.143 e. The molecule has 0 unspecified atom stereocenters. The Balaban J connectivity index is 1.16. The van der Waals surface area contributed by atoms with Crippen LogP contribution in [0.25, 0.3) is 47.7 Å². The van der Waals surface area contributed by atoms with Crippen LogP contribution in [-0.4, -0.2) is 0 Å². The van der Waals surface area contributed by atoms with E-state index >= 15 is 0 Å². The zero-order valence-corrected chi connectivity index (χ0v) is 34.4. The lowest BCUT2D eigenvalue weighted by Gasteiger charge is -2.04. The monoisotopic (exact) mass is 752 g/mol. The lowest BCUT2D eigenvalue weighted by Crippen LogP contribution is -1.87. The fourth-order valence-corrected chi connectivity index (χ4v) is 15.3. The quantitative estimate of drug-likeness (QED) is 0.0540. The van der Waals surface area contributed by atoms with Crippen molar-refractivity contribution in [2.75, 3.05) is 0 Å². The molecule has 48 heavy (non-hydrogen) atoms. The van der Waals surface area contributed by atoms with Crippen molar-refractivity contribution in [3.8, 4) is 19.5 Å². The van der Waals surface area contributed by atoms with Crippen molar-refractivity contribution in [2.45, 2.75) is 155 Å². The Morgan fingerprint density at radius 1 is 0.375 bits per heavy atom. The van der Waals surface area contributed by atoms with Gasteiger partial charge in [0, 0.05) is 19.5 Å². The van der Waals surface area contributed by atoms with Crippen LogP contribution in [0.5, 0.6) is 0 Å². The molecule has 0 aliphatic heterocycles. The summed E-state index contributed by atoms with van der Waals surface area (Å²) in [6.07, 6.45) is 30.5. The Labute approximate surface area is 314 Å². The molecule has 6 aromatic heterocycles. The summed E-state index contributed by atoms with van der Waals surface area (Å²) in [5.74, 6) is 0. The summed E-state index contributed by atoms with van der Waals surface area (Å²) in [5, 5.41) is 4.52. The maximum atomic E-state index is 2.35. The van der Waals surface area contributed by atoms with Gasteiger partial charge in [0.25, 0.3) is 0 Å². The van der Waals surface area contributed by atoms with Gasteiger partial charge in [0.05, 0.1) is 28.2 Å². The maximum absolute atomic E-state index is 2.35. The van der Waals surface area contributed by atoms with E-state index in [0.29, 0.717) is 0 Å². The Bertz CT molecular complexity index is 1620. The lowest BCUT2D eigenvalue weighted by molar-refractivity contribution is 0.557. The molecule has 0 fully saturated rings. The molecule has 0 saturated carbocycles. The van der Waals surface area contributed by atoms with Gasteiger partial charge in [-0.3, -0.25) is 0 Å². The smallest absolute Gasteiger partial charge is 0.0651 e. The van der Waals surface area contributed by atoms with Crippen molar-refractivity contribution < 1.29 is 0 Å². The molecule has 0 aliphatic rings. The second-order valence-electron chi connectivity index (χ2n) is 13.8. The third-order valence-corrected chi connectivity index (χ3v) is 17.8. The van der Waals surface area contributed by atoms with E-state index in [-0.39, 0.29) is 0 Å². The highest BCUT2D eigenvalue weighted by atomic mass is 32.1. The van der Waals surface area contributed by atoms with Gasteiger partial charge in [0.1, 0.15) is 0 Å². The fourth-order valence-electron chi connectivity index (χ4n) is 7.26. The highest BCUT2D eigenvalue weighted by Gasteiger charge is 2.25. The molecule has 0 aromatic carbocycles. The zero-order chi connectivity index (χ0) is 33.0. The maximum Gasteiger partial charge on any atom is 0.0651 e. The van der Waals surface area contributed by atoms with Gasteiger partial charge in [-0.1, -0.05) is 142 Å². The van der Waals surface area contributed by atoms with Crippen LogP contribution in [0.2, 0.25) is 0 Å². The van der Waals surface area contributed by atoms with Crippen LogP contribution in [0.4, 0.5) is 0 Å². The molecule has 6 rings (SSSR count). The highest BCUT2D eigenvalue weighted by molar-refractivity contribution is 7.46. The van der Waals surface area contributed by atoms with Crippen LogP contribution >= 0.6 is 68.0 Å². The van der Waals surface area contributed by atoms with Crippen molar-refractivity contribution in [1.29, 1.82) is 0 Å². The number of hydrogen-bond acceptors (Lipinski definition) is 6. The van der Waals surface area contributed by atoms with Crippen LogP contribution in [0.3, 0.4) is 0 Å². The molecule has 0 nitrogen and oxygen atoms in total. The summed E-state index contributed by atoms with van der Waals surface area (Å²) in [7, 11) is 0. The molecule has 0 spiro atoms. The second kappa shape index (κ2) is 19.6.